The van der Waals surface area contributed by atoms with Gasteiger partial charge in [-0.2, -0.15) is 6.07 Å². The van der Waals surface area contributed by atoms with Gasteiger partial charge in [0.1, 0.15) is 17.5 Å². The first kappa shape index (κ1) is 61.5. The topological polar surface area (TPSA) is 33.5 Å². The maximum Gasteiger partial charge on any atom is 0.135 e. The zero-order valence-electron chi connectivity index (χ0n) is 53.0. The van der Waals surface area contributed by atoms with Crippen molar-refractivity contribution < 1.29 is 34.6 Å². The van der Waals surface area contributed by atoms with E-state index in [1.807, 2.05) is 12.3 Å². The van der Waals surface area contributed by atoms with Gasteiger partial charge in [0.2, 0.25) is 0 Å². The molecule has 0 bridgehead atoms. The smallest absolute Gasteiger partial charge is 0.135 e. The van der Waals surface area contributed by atoms with Gasteiger partial charge in [0.15, 0.2) is 0 Å². The first-order chi connectivity index (χ1) is 41.5. The molecule has 450 valence electrons. The van der Waals surface area contributed by atoms with Crippen LogP contribution in [0.25, 0.3) is 72.1 Å². The van der Waals surface area contributed by atoms with Crippen molar-refractivity contribution in [3.8, 4) is 61.8 Å². The Morgan fingerprint density at radius 1 is 0.477 bits per heavy atom. The van der Waals surface area contributed by atoms with Gasteiger partial charge < -0.3 is 19.1 Å². The summed E-state index contributed by atoms with van der Waals surface area (Å²) in [5, 5.41) is 2.13. The quantitative estimate of drug-likeness (QED) is 0.108. The second-order valence-corrected chi connectivity index (χ2v) is 26.9. The van der Waals surface area contributed by atoms with Gasteiger partial charge in [-0.25, -0.2) is 13.8 Å². The number of anilines is 4. The summed E-state index contributed by atoms with van der Waals surface area (Å²) in [4.78, 5) is 9.37. The summed E-state index contributed by atoms with van der Waals surface area (Å²) in [6.45, 7) is 33.4. The number of halogens is 2. The molecule has 8 heteroatoms. The molecule has 1 aliphatic heterocycles. The monoisotopic (exact) mass is 1340 g/mol. The molecular formula is C80H77F2N4OPt-3. The maximum absolute atomic E-state index is 15.8. The Hall–Kier alpha value is -8.12. The van der Waals surface area contributed by atoms with Crippen molar-refractivity contribution in [3.05, 3.63) is 246 Å². The zero-order valence-corrected chi connectivity index (χ0v) is 55.2. The summed E-state index contributed by atoms with van der Waals surface area (Å²) < 4.78 is 41.0. The molecule has 0 amide bonds. The van der Waals surface area contributed by atoms with Crippen LogP contribution in [0.1, 0.15) is 154 Å². The minimum atomic E-state index is -0.642. The number of fused-ring (bicyclic) bond motifs is 4. The Balaban J connectivity index is 0.00000800. The standard InChI is InChI=1S/C80H77F2N4O.Pt/c1-48(2)53-32-54(49(3)4)34-56(33-53)70-41-60(80(12,13)14)42-71(57-35-61(81)44-62(82)36-57)78(70)85-47-84(73-26-20-21-27-74(73)85)63-37-58(77-68(50(5)6)39-55(40-69(77)51(7)8)52-22-16-15-17-23-52)38-65(45-63)87-64-28-29-67-66-24-18-19-25-72(66)86(75(67)46-64)76-43-59(30-31-83-76)79(9,10)11;/h15-44,47-51H,1-14H3;/q-3;. The van der Waals surface area contributed by atoms with Gasteiger partial charge in [-0.3, -0.25) is 0 Å². The minimum absolute atomic E-state index is 0. The first-order valence-corrected chi connectivity index (χ1v) is 30.7. The summed E-state index contributed by atoms with van der Waals surface area (Å²) >= 11 is 0. The predicted octanol–water partition coefficient (Wildman–Crippen LogP) is 23.0. The van der Waals surface area contributed by atoms with Crippen molar-refractivity contribution in [3.63, 3.8) is 0 Å². The van der Waals surface area contributed by atoms with Crippen LogP contribution in [-0.4, -0.2) is 9.55 Å². The van der Waals surface area contributed by atoms with E-state index in [9.17, 15) is 0 Å². The summed E-state index contributed by atoms with van der Waals surface area (Å²) in [5.41, 5.74) is 19.5. The first-order valence-electron chi connectivity index (χ1n) is 30.7. The molecule has 0 saturated heterocycles. The van der Waals surface area contributed by atoms with E-state index in [2.05, 4.69) is 282 Å². The summed E-state index contributed by atoms with van der Waals surface area (Å²) in [6, 6.07) is 67.7. The number of pyridine rings is 1. The van der Waals surface area contributed by atoms with Crippen LogP contribution in [0, 0.1) is 30.4 Å². The molecule has 12 rings (SSSR count). The Morgan fingerprint density at radius 2 is 1.06 bits per heavy atom. The van der Waals surface area contributed by atoms with E-state index < -0.39 is 11.6 Å². The van der Waals surface area contributed by atoms with Gasteiger partial charge >= 0.3 is 0 Å². The van der Waals surface area contributed by atoms with Crippen molar-refractivity contribution >= 4 is 44.6 Å². The van der Waals surface area contributed by atoms with E-state index >= 15 is 8.78 Å². The van der Waals surface area contributed by atoms with Crippen LogP contribution in [0.15, 0.2) is 182 Å². The summed E-state index contributed by atoms with van der Waals surface area (Å²) in [6.07, 6.45) is 1.90. The van der Waals surface area contributed by atoms with Gasteiger partial charge in [0, 0.05) is 78.5 Å². The third kappa shape index (κ3) is 11.9. The molecule has 0 fully saturated rings. The molecule has 1 aliphatic rings. The summed E-state index contributed by atoms with van der Waals surface area (Å²) in [5.74, 6) is 1.36. The number of hydrogen-bond acceptors (Lipinski definition) is 4. The van der Waals surface area contributed by atoms with Crippen LogP contribution in [-0.2, 0) is 31.9 Å². The normalized spacial score (nSPS) is 12.8. The molecule has 0 radical (unpaired) electrons. The van der Waals surface area contributed by atoms with Crippen LogP contribution in [0.5, 0.6) is 11.5 Å². The number of hydrogen-bond donors (Lipinski definition) is 0. The molecular weight excluding hydrogens is 1270 g/mol. The molecule has 0 unspecified atom stereocenters. The van der Waals surface area contributed by atoms with E-state index in [0.717, 1.165) is 89.8 Å². The van der Waals surface area contributed by atoms with Gasteiger partial charge in [0.25, 0.3) is 0 Å². The fourth-order valence-electron chi connectivity index (χ4n) is 12.3. The van der Waals surface area contributed by atoms with Gasteiger partial charge in [-0.1, -0.05) is 193 Å². The number of benzene rings is 9. The third-order valence-corrected chi connectivity index (χ3v) is 17.2. The van der Waals surface area contributed by atoms with Gasteiger partial charge in [-0.15, -0.1) is 53.6 Å². The Labute approximate surface area is 534 Å². The van der Waals surface area contributed by atoms with Crippen molar-refractivity contribution in [2.75, 3.05) is 9.80 Å². The SMILES string of the molecule is CC(C)c1cc(-c2cc(C(C)(C)C)cc(-c3cc(F)cc(F)c3)c2N2[CH-]N(c3[c-]c(Oc4[c-]c5c(cc4)c4ccccc4n5-c4cc(C(C)(C)C)ccn4)cc(-c4c(C(C)C)cc(-c5ccccc5)cc4C(C)C)c3)c3ccccc32)cc(C(C)C)c1.[Pt]. The average molecular weight is 1340 g/mol. The summed E-state index contributed by atoms with van der Waals surface area (Å²) in [7, 11) is 0. The van der Waals surface area contributed by atoms with Crippen LogP contribution in [0.4, 0.5) is 31.5 Å². The Bertz CT molecular complexity index is 4350. The van der Waals surface area contributed by atoms with E-state index in [4.69, 9.17) is 9.72 Å². The number of nitrogens with zero attached hydrogens (tertiary/aromatic N) is 4. The fourth-order valence-corrected chi connectivity index (χ4v) is 12.3. The van der Waals surface area contributed by atoms with Crippen LogP contribution < -0.4 is 14.5 Å². The number of ether oxygens (including phenoxy) is 1. The molecule has 5 nitrogen and oxygen atoms in total. The molecule has 0 saturated carbocycles. The molecule has 0 atom stereocenters. The van der Waals surface area contributed by atoms with Gasteiger partial charge in [0.05, 0.1) is 0 Å². The Morgan fingerprint density at radius 3 is 1.66 bits per heavy atom. The minimum Gasteiger partial charge on any atom is -0.509 e. The molecule has 2 aromatic heterocycles. The molecule has 0 aliphatic carbocycles. The van der Waals surface area contributed by atoms with Crippen molar-refractivity contribution in [2.24, 2.45) is 0 Å². The number of para-hydroxylation sites is 3. The molecule has 88 heavy (non-hydrogen) atoms. The molecule has 3 heterocycles. The zero-order chi connectivity index (χ0) is 61.4. The van der Waals surface area contributed by atoms with E-state index in [1.54, 1.807) is 0 Å². The fraction of sp³-hybridized carbons (Fsp3) is 0.250. The van der Waals surface area contributed by atoms with E-state index in [1.165, 1.54) is 45.5 Å². The largest absolute Gasteiger partial charge is 0.509 e. The maximum atomic E-state index is 15.8. The second kappa shape index (κ2) is 24.1. The number of rotatable bonds is 13. The average Bonchev–Trinajstić information content (AvgIpc) is 1.50. The van der Waals surface area contributed by atoms with Crippen molar-refractivity contribution in [1.29, 1.82) is 0 Å². The van der Waals surface area contributed by atoms with Gasteiger partial charge in [-0.05, 0) is 156 Å². The van der Waals surface area contributed by atoms with E-state index in [-0.39, 0.29) is 55.6 Å². The van der Waals surface area contributed by atoms with Crippen LogP contribution in [0.2, 0.25) is 0 Å². The van der Waals surface area contributed by atoms with Crippen molar-refractivity contribution in [1.82, 2.24) is 9.55 Å². The Kier molecular flexibility index (Phi) is 16.9. The van der Waals surface area contributed by atoms with Crippen LogP contribution >= 0.6 is 0 Å². The second-order valence-electron chi connectivity index (χ2n) is 26.9. The molecule has 0 N–H and O–H groups in total. The third-order valence-electron chi connectivity index (χ3n) is 17.2. The molecule has 11 aromatic rings. The van der Waals surface area contributed by atoms with Crippen LogP contribution in [0.3, 0.4) is 0 Å². The molecule has 9 aromatic carbocycles. The number of aromatic nitrogens is 2. The molecule has 0 spiro atoms. The van der Waals surface area contributed by atoms with Crippen molar-refractivity contribution in [2.45, 2.75) is 131 Å². The van der Waals surface area contributed by atoms with E-state index in [0.29, 0.717) is 22.6 Å². The predicted molar refractivity (Wildman–Crippen MR) is 360 cm³/mol.